The van der Waals surface area contributed by atoms with Crippen LogP contribution in [0.5, 0.6) is 0 Å². The van der Waals surface area contributed by atoms with Gasteiger partial charge in [0.2, 0.25) is 0 Å². The summed E-state index contributed by atoms with van der Waals surface area (Å²) in [7, 11) is 0. The Balaban J connectivity index is 3.27. The molecule has 0 heterocycles. The number of aliphatic hydroxyl groups excluding tert-OH is 1. The van der Waals surface area contributed by atoms with Crippen molar-refractivity contribution in [1.82, 2.24) is 0 Å². The van der Waals surface area contributed by atoms with E-state index in [0.29, 0.717) is 5.92 Å². The minimum atomic E-state index is 0.246. The maximum Gasteiger partial charge on any atom is 0.0442 e. The smallest absolute Gasteiger partial charge is 0.0442 e. The van der Waals surface area contributed by atoms with Crippen LogP contribution in [0.3, 0.4) is 0 Å². The Bertz CT molecular complexity index is 96.7. The number of hydrogen-bond donors (Lipinski definition) is 1. The van der Waals surface area contributed by atoms with E-state index in [4.69, 9.17) is 5.11 Å². The zero-order valence-corrected chi connectivity index (χ0v) is 5.44. The average Bonchev–Trinajstić information content (AvgIpc) is 1.68. The topological polar surface area (TPSA) is 20.2 Å². The summed E-state index contributed by atoms with van der Waals surface area (Å²) >= 11 is 0. The molecule has 0 aliphatic carbocycles. The van der Waals surface area contributed by atoms with Gasteiger partial charge in [0, 0.05) is 12.5 Å². The van der Waals surface area contributed by atoms with Crippen LogP contribution in [0.1, 0.15) is 20.3 Å². The summed E-state index contributed by atoms with van der Waals surface area (Å²) < 4.78 is 0. The number of rotatable bonds is 2. The number of aliphatic hydroxyl groups is 1. The molecular formula is C7H12O. The SMILES string of the molecule is CC#CC(C)CCO. The molecule has 0 amide bonds. The summed E-state index contributed by atoms with van der Waals surface area (Å²) in [6.07, 6.45) is 0.792. The van der Waals surface area contributed by atoms with Crippen LogP contribution in [0.25, 0.3) is 0 Å². The van der Waals surface area contributed by atoms with Gasteiger partial charge < -0.3 is 5.11 Å². The van der Waals surface area contributed by atoms with E-state index >= 15 is 0 Å². The molecule has 1 heteroatoms. The lowest BCUT2D eigenvalue weighted by Crippen LogP contribution is -1.93. The highest BCUT2D eigenvalue weighted by molar-refractivity contribution is 4.98. The number of hydrogen-bond acceptors (Lipinski definition) is 1. The molecule has 1 atom stereocenters. The second kappa shape index (κ2) is 4.67. The van der Waals surface area contributed by atoms with E-state index < -0.39 is 0 Å². The molecule has 1 N–H and O–H groups in total. The van der Waals surface area contributed by atoms with Crippen molar-refractivity contribution in [3.63, 3.8) is 0 Å². The predicted molar refractivity (Wildman–Crippen MR) is 34.3 cm³/mol. The third-order valence-corrected chi connectivity index (χ3v) is 0.953. The van der Waals surface area contributed by atoms with Gasteiger partial charge in [0.25, 0.3) is 0 Å². The van der Waals surface area contributed by atoms with Gasteiger partial charge >= 0.3 is 0 Å². The molecule has 0 saturated carbocycles. The summed E-state index contributed by atoms with van der Waals surface area (Å²) in [5.74, 6) is 6.08. The first kappa shape index (κ1) is 7.52. The molecule has 0 radical (unpaired) electrons. The van der Waals surface area contributed by atoms with Gasteiger partial charge in [0.15, 0.2) is 0 Å². The van der Waals surface area contributed by atoms with Crippen molar-refractivity contribution >= 4 is 0 Å². The fourth-order valence-corrected chi connectivity index (χ4v) is 0.512. The summed E-state index contributed by atoms with van der Waals surface area (Å²) in [6.45, 7) is 4.07. The molecule has 1 nitrogen and oxygen atoms in total. The van der Waals surface area contributed by atoms with Crippen molar-refractivity contribution in [2.24, 2.45) is 5.92 Å². The molecule has 0 aromatic rings. The Kier molecular flexibility index (Phi) is 4.39. The first-order chi connectivity index (χ1) is 3.81. The van der Waals surface area contributed by atoms with E-state index in [9.17, 15) is 0 Å². The molecule has 0 aliphatic rings. The Morgan fingerprint density at radius 3 is 2.62 bits per heavy atom. The maximum absolute atomic E-state index is 8.40. The van der Waals surface area contributed by atoms with Crippen molar-refractivity contribution in [1.29, 1.82) is 0 Å². The van der Waals surface area contributed by atoms with Gasteiger partial charge in [0.1, 0.15) is 0 Å². The minimum absolute atomic E-state index is 0.246. The van der Waals surface area contributed by atoms with Crippen LogP contribution < -0.4 is 0 Å². The Morgan fingerprint density at radius 1 is 1.62 bits per heavy atom. The van der Waals surface area contributed by atoms with Gasteiger partial charge in [0.05, 0.1) is 0 Å². The van der Waals surface area contributed by atoms with Crippen molar-refractivity contribution in [2.45, 2.75) is 20.3 Å². The van der Waals surface area contributed by atoms with E-state index in [2.05, 4.69) is 11.8 Å². The fraction of sp³-hybridized carbons (Fsp3) is 0.714. The largest absolute Gasteiger partial charge is 0.396 e. The minimum Gasteiger partial charge on any atom is -0.396 e. The molecular weight excluding hydrogens is 100 g/mol. The molecule has 0 bridgehead atoms. The van der Waals surface area contributed by atoms with Crippen molar-refractivity contribution in [3.8, 4) is 11.8 Å². The summed E-state index contributed by atoms with van der Waals surface area (Å²) in [6, 6.07) is 0. The standard InChI is InChI=1S/C7H12O/c1-3-4-7(2)5-6-8/h7-8H,5-6H2,1-2H3. The molecule has 0 fully saturated rings. The average molecular weight is 112 g/mol. The Labute approximate surface area is 50.7 Å². The fourth-order valence-electron chi connectivity index (χ4n) is 0.512. The predicted octanol–water partition coefficient (Wildman–Crippen LogP) is 1.03. The maximum atomic E-state index is 8.40. The van der Waals surface area contributed by atoms with E-state index in [1.807, 2.05) is 13.8 Å². The molecule has 1 unspecified atom stereocenters. The third kappa shape index (κ3) is 3.70. The third-order valence-electron chi connectivity index (χ3n) is 0.953. The summed E-state index contributed by atoms with van der Waals surface area (Å²) in [5.41, 5.74) is 0. The van der Waals surface area contributed by atoms with E-state index in [0.717, 1.165) is 6.42 Å². The molecule has 0 rings (SSSR count). The van der Waals surface area contributed by atoms with Crippen LogP contribution in [0.15, 0.2) is 0 Å². The Morgan fingerprint density at radius 2 is 2.25 bits per heavy atom. The van der Waals surface area contributed by atoms with Crippen LogP contribution in [0.2, 0.25) is 0 Å². The molecule has 0 aliphatic heterocycles. The summed E-state index contributed by atoms with van der Waals surface area (Å²) in [4.78, 5) is 0. The van der Waals surface area contributed by atoms with Gasteiger partial charge in [-0.3, -0.25) is 0 Å². The molecule has 8 heavy (non-hydrogen) atoms. The van der Waals surface area contributed by atoms with Gasteiger partial charge in [-0.15, -0.1) is 11.8 Å². The lowest BCUT2D eigenvalue weighted by Gasteiger charge is -1.96. The summed E-state index contributed by atoms with van der Waals surface area (Å²) in [5, 5.41) is 8.40. The molecule has 0 spiro atoms. The van der Waals surface area contributed by atoms with Crippen LogP contribution >= 0.6 is 0 Å². The normalized spacial score (nSPS) is 11.9. The van der Waals surface area contributed by atoms with Crippen LogP contribution in [-0.4, -0.2) is 11.7 Å². The van der Waals surface area contributed by atoms with E-state index in [-0.39, 0.29) is 6.61 Å². The van der Waals surface area contributed by atoms with Gasteiger partial charge in [-0.1, -0.05) is 6.92 Å². The van der Waals surface area contributed by atoms with Crippen LogP contribution in [-0.2, 0) is 0 Å². The second-order valence-electron chi connectivity index (χ2n) is 1.81. The highest BCUT2D eigenvalue weighted by Crippen LogP contribution is 1.96. The van der Waals surface area contributed by atoms with Gasteiger partial charge in [-0.05, 0) is 13.3 Å². The highest BCUT2D eigenvalue weighted by Gasteiger charge is 1.91. The van der Waals surface area contributed by atoms with E-state index in [1.165, 1.54) is 0 Å². The van der Waals surface area contributed by atoms with Crippen molar-refractivity contribution in [2.75, 3.05) is 6.61 Å². The first-order valence-electron chi connectivity index (χ1n) is 2.84. The lowest BCUT2D eigenvalue weighted by molar-refractivity contribution is 0.276. The van der Waals surface area contributed by atoms with E-state index in [1.54, 1.807) is 0 Å². The lowest BCUT2D eigenvalue weighted by atomic mass is 10.1. The monoisotopic (exact) mass is 112 g/mol. The zero-order chi connectivity index (χ0) is 6.41. The first-order valence-corrected chi connectivity index (χ1v) is 2.84. The van der Waals surface area contributed by atoms with Crippen LogP contribution in [0.4, 0.5) is 0 Å². The van der Waals surface area contributed by atoms with Gasteiger partial charge in [-0.25, -0.2) is 0 Å². The second-order valence-corrected chi connectivity index (χ2v) is 1.81. The highest BCUT2D eigenvalue weighted by atomic mass is 16.2. The van der Waals surface area contributed by atoms with Crippen molar-refractivity contribution in [3.05, 3.63) is 0 Å². The molecule has 0 saturated heterocycles. The Hall–Kier alpha value is -0.480. The van der Waals surface area contributed by atoms with Gasteiger partial charge in [-0.2, -0.15) is 0 Å². The zero-order valence-electron chi connectivity index (χ0n) is 5.44. The quantitative estimate of drug-likeness (QED) is 0.529. The van der Waals surface area contributed by atoms with Crippen molar-refractivity contribution < 1.29 is 5.11 Å². The molecule has 0 aromatic heterocycles. The van der Waals surface area contributed by atoms with Crippen LogP contribution in [0, 0.1) is 17.8 Å². The molecule has 0 aromatic carbocycles. The molecule has 46 valence electrons.